The van der Waals surface area contributed by atoms with Crippen LogP contribution in [-0.2, 0) is 14.3 Å². The van der Waals surface area contributed by atoms with Crippen molar-refractivity contribution in [2.24, 2.45) is 11.1 Å². The molecule has 0 aromatic heterocycles. The second-order valence-electron chi connectivity index (χ2n) is 9.84. The third kappa shape index (κ3) is 3.74. The van der Waals surface area contributed by atoms with Crippen LogP contribution in [0.3, 0.4) is 0 Å². The highest BCUT2D eigenvalue weighted by Gasteiger charge is 2.38. The Kier molecular flexibility index (Phi) is 5.61. The van der Waals surface area contributed by atoms with E-state index in [1.54, 1.807) is 0 Å². The predicted molar refractivity (Wildman–Crippen MR) is 120 cm³/mol. The topological polar surface area (TPSA) is 70.8 Å². The molecular weight excluding hydrogens is 390 g/mol. The maximum atomic E-state index is 12.6. The molecule has 1 saturated heterocycles. The first kappa shape index (κ1) is 21.8. The van der Waals surface area contributed by atoms with Crippen LogP contribution in [0.5, 0.6) is 5.75 Å². The zero-order chi connectivity index (χ0) is 22.5. The number of fused-ring (bicyclic) bond motifs is 1. The van der Waals surface area contributed by atoms with E-state index in [2.05, 4.69) is 53.7 Å². The van der Waals surface area contributed by atoms with Gasteiger partial charge in [0.25, 0.3) is 0 Å². The van der Waals surface area contributed by atoms with Gasteiger partial charge in [-0.2, -0.15) is 0 Å². The van der Waals surface area contributed by atoms with Crippen molar-refractivity contribution >= 4 is 5.91 Å². The lowest BCUT2D eigenvalue weighted by atomic mass is 9.71. The van der Waals surface area contributed by atoms with Crippen molar-refractivity contribution in [3.8, 4) is 5.75 Å². The molecule has 4 rings (SSSR count). The van der Waals surface area contributed by atoms with Gasteiger partial charge in [0.15, 0.2) is 6.29 Å². The molecule has 0 saturated carbocycles. The van der Waals surface area contributed by atoms with Gasteiger partial charge in [-0.1, -0.05) is 39.0 Å². The van der Waals surface area contributed by atoms with E-state index in [1.807, 2.05) is 12.1 Å². The van der Waals surface area contributed by atoms with Gasteiger partial charge in [-0.15, -0.1) is 0 Å². The molecule has 1 fully saturated rings. The third-order valence-corrected chi connectivity index (χ3v) is 6.75. The van der Waals surface area contributed by atoms with Crippen LogP contribution in [0.1, 0.15) is 77.8 Å². The summed E-state index contributed by atoms with van der Waals surface area (Å²) in [5.74, 6) is 0.373. The Bertz CT molecular complexity index is 1020. The highest BCUT2D eigenvalue weighted by Crippen LogP contribution is 2.49. The maximum Gasteiger partial charge on any atom is 0.225 e. The van der Waals surface area contributed by atoms with Crippen LogP contribution in [0, 0.1) is 26.2 Å². The molecule has 0 spiro atoms. The fraction of sp³-hybridized carbons (Fsp3) is 0.500. The predicted octanol–water partition coefficient (Wildman–Crippen LogP) is 4.80. The van der Waals surface area contributed by atoms with Crippen molar-refractivity contribution in [2.45, 2.75) is 59.7 Å². The van der Waals surface area contributed by atoms with Crippen molar-refractivity contribution < 1.29 is 19.0 Å². The highest BCUT2D eigenvalue weighted by atomic mass is 16.7. The van der Waals surface area contributed by atoms with E-state index >= 15 is 0 Å². The summed E-state index contributed by atoms with van der Waals surface area (Å²) in [6, 6.07) is 8.37. The van der Waals surface area contributed by atoms with Crippen LogP contribution in [0.4, 0.5) is 0 Å². The summed E-state index contributed by atoms with van der Waals surface area (Å²) in [5, 5.41) is 0. The first-order valence-electron chi connectivity index (χ1n) is 11.0. The number of carbonyl (C=O) groups is 1. The van der Waals surface area contributed by atoms with Gasteiger partial charge in [-0.3, -0.25) is 4.79 Å². The van der Waals surface area contributed by atoms with Gasteiger partial charge in [0.05, 0.1) is 25.7 Å². The third-order valence-electron chi connectivity index (χ3n) is 6.75. The molecule has 5 heteroatoms. The fourth-order valence-electron chi connectivity index (χ4n) is 5.20. The minimum Gasteiger partial charge on any atom is -0.492 e. The zero-order valence-corrected chi connectivity index (χ0v) is 19.4. The van der Waals surface area contributed by atoms with Crippen molar-refractivity contribution in [3.05, 3.63) is 63.2 Å². The molecule has 2 aromatic rings. The van der Waals surface area contributed by atoms with Crippen LogP contribution in [-0.4, -0.2) is 25.7 Å². The van der Waals surface area contributed by atoms with Gasteiger partial charge in [-0.05, 0) is 60.1 Å². The van der Waals surface area contributed by atoms with E-state index < -0.39 is 0 Å². The summed E-state index contributed by atoms with van der Waals surface area (Å²) in [4.78, 5) is 12.6. The number of nitrogens with two attached hydrogens (primary N) is 1. The lowest BCUT2D eigenvalue weighted by Gasteiger charge is -2.32. The van der Waals surface area contributed by atoms with Crippen LogP contribution in [0.2, 0.25) is 0 Å². The maximum absolute atomic E-state index is 12.6. The van der Waals surface area contributed by atoms with E-state index in [1.165, 1.54) is 11.1 Å². The summed E-state index contributed by atoms with van der Waals surface area (Å²) in [6.07, 6.45) is -0.307. The molecule has 0 radical (unpaired) electrons. The Labute approximate surface area is 184 Å². The number of benzene rings is 2. The first-order chi connectivity index (χ1) is 14.6. The minimum atomic E-state index is -0.371. The quantitative estimate of drug-likeness (QED) is 0.767. The van der Waals surface area contributed by atoms with Gasteiger partial charge < -0.3 is 19.9 Å². The molecule has 2 heterocycles. The van der Waals surface area contributed by atoms with Gasteiger partial charge >= 0.3 is 0 Å². The van der Waals surface area contributed by atoms with Crippen LogP contribution in [0.25, 0.3) is 0 Å². The van der Waals surface area contributed by atoms with E-state index in [0.717, 1.165) is 33.6 Å². The Morgan fingerprint density at radius 3 is 2.29 bits per heavy atom. The second kappa shape index (κ2) is 7.95. The highest BCUT2D eigenvalue weighted by molar-refractivity contribution is 5.84. The molecule has 2 aliphatic rings. The zero-order valence-electron chi connectivity index (χ0n) is 19.4. The molecule has 2 unspecified atom stereocenters. The van der Waals surface area contributed by atoms with Crippen LogP contribution >= 0.6 is 0 Å². The largest absolute Gasteiger partial charge is 0.492 e. The van der Waals surface area contributed by atoms with Crippen molar-refractivity contribution in [1.29, 1.82) is 0 Å². The average Bonchev–Trinajstić information content (AvgIpc) is 3.38. The van der Waals surface area contributed by atoms with E-state index in [9.17, 15) is 4.79 Å². The van der Waals surface area contributed by atoms with Crippen LogP contribution < -0.4 is 10.5 Å². The molecule has 2 atom stereocenters. The molecule has 5 nitrogen and oxygen atoms in total. The van der Waals surface area contributed by atoms with Crippen molar-refractivity contribution in [2.75, 3.05) is 19.8 Å². The van der Waals surface area contributed by atoms with Gasteiger partial charge in [-0.25, -0.2) is 0 Å². The number of ether oxygens (including phenoxy) is 3. The monoisotopic (exact) mass is 423 g/mol. The lowest BCUT2D eigenvalue weighted by molar-refractivity contribution is -0.121. The van der Waals surface area contributed by atoms with Gasteiger partial charge in [0.2, 0.25) is 5.91 Å². The van der Waals surface area contributed by atoms with E-state index in [0.29, 0.717) is 19.8 Å². The number of primary amides is 1. The molecule has 31 heavy (non-hydrogen) atoms. The Morgan fingerprint density at radius 2 is 1.68 bits per heavy atom. The minimum absolute atomic E-state index is 0.0860. The standard InChI is InChI=1S/C26H33NO4/c1-14-15(2)23-21(16(3)20(14)22(24(27)28)26(4,5)6)19(13-31-23)17-8-7-9-18(12-17)25-29-10-11-30-25/h7-9,12,19,22,25H,10-11,13H2,1-6H3,(H2,27,28). The molecule has 0 bridgehead atoms. The number of amides is 1. The van der Waals surface area contributed by atoms with Crippen molar-refractivity contribution in [1.82, 2.24) is 0 Å². The number of rotatable bonds is 4. The SMILES string of the molecule is Cc1c(C)c(C(C(N)=O)C(C)(C)C)c(C)c2c1OCC2c1cccc(C2OCCO2)c1. The summed E-state index contributed by atoms with van der Waals surface area (Å²) in [6.45, 7) is 14.3. The Balaban J connectivity index is 1.85. The van der Waals surface area contributed by atoms with Gasteiger partial charge in [0, 0.05) is 17.0 Å². The van der Waals surface area contributed by atoms with Crippen molar-refractivity contribution in [3.63, 3.8) is 0 Å². The molecule has 2 aliphatic heterocycles. The average molecular weight is 424 g/mol. The van der Waals surface area contributed by atoms with Crippen LogP contribution in [0.15, 0.2) is 24.3 Å². The fourth-order valence-corrected chi connectivity index (χ4v) is 5.20. The smallest absolute Gasteiger partial charge is 0.225 e. The molecule has 1 amide bonds. The Morgan fingerprint density at radius 1 is 1.03 bits per heavy atom. The summed E-state index contributed by atoms with van der Waals surface area (Å²) < 4.78 is 17.6. The second-order valence-corrected chi connectivity index (χ2v) is 9.84. The van der Waals surface area contributed by atoms with Gasteiger partial charge in [0.1, 0.15) is 5.75 Å². The summed E-state index contributed by atoms with van der Waals surface area (Å²) in [5.41, 5.74) is 13.3. The molecular formula is C26H33NO4. The Hall–Kier alpha value is -2.37. The van der Waals surface area contributed by atoms with E-state index in [-0.39, 0.29) is 29.4 Å². The molecule has 0 aliphatic carbocycles. The lowest BCUT2D eigenvalue weighted by Crippen LogP contribution is -2.33. The molecule has 2 aromatic carbocycles. The molecule has 166 valence electrons. The van der Waals surface area contributed by atoms with E-state index in [4.69, 9.17) is 19.9 Å². The number of carbonyl (C=O) groups excluding carboxylic acids is 1. The summed E-state index contributed by atoms with van der Waals surface area (Å²) >= 11 is 0. The first-order valence-corrected chi connectivity index (χ1v) is 11.0. The number of hydrogen-bond acceptors (Lipinski definition) is 4. The number of hydrogen-bond donors (Lipinski definition) is 1. The summed E-state index contributed by atoms with van der Waals surface area (Å²) in [7, 11) is 0. The normalized spacial score (nSPS) is 19.9. The molecule has 2 N–H and O–H groups in total.